The van der Waals surface area contributed by atoms with Crippen molar-refractivity contribution in [1.82, 2.24) is 15.1 Å². The van der Waals surface area contributed by atoms with Crippen LogP contribution < -0.4 is 20.3 Å². The Bertz CT molecular complexity index is 1180. The molecule has 3 heterocycles. The van der Waals surface area contributed by atoms with E-state index in [0.717, 1.165) is 36.4 Å². The molecule has 1 atom stereocenters. The van der Waals surface area contributed by atoms with Gasteiger partial charge >= 0.3 is 0 Å². The van der Waals surface area contributed by atoms with Gasteiger partial charge in [-0.25, -0.2) is 5.10 Å². The number of hydrogen-bond donors (Lipinski definition) is 2. The van der Waals surface area contributed by atoms with Gasteiger partial charge in [0.1, 0.15) is 22.6 Å². The molecular weight excluding hydrogens is 400 g/mol. The molecule has 9 nitrogen and oxygen atoms in total. The molecule has 1 aliphatic heterocycles. The van der Waals surface area contributed by atoms with E-state index in [1.165, 1.54) is 0 Å². The second-order valence-corrected chi connectivity index (χ2v) is 7.66. The minimum absolute atomic E-state index is 0.0523. The highest BCUT2D eigenvalue weighted by Crippen LogP contribution is 2.38. The summed E-state index contributed by atoms with van der Waals surface area (Å²) in [6.07, 6.45) is 1.89. The Morgan fingerprint density at radius 3 is 2.84 bits per heavy atom. The maximum Gasteiger partial charge on any atom is 0.277 e. The number of aryl methyl sites for hydroxylation is 2. The van der Waals surface area contributed by atoms with E-state index in [9.17, 15) is 9.59 Å². The maximum absolute atomic E-state index is 12.9. The van der Waals surface area contributed by atoms with Crippen LogP contribution in [0, 0.1) is 13.8 Å². The fraction of sp³-hybridized carbons (Fsp3) is 0.409. The Balaban J connectivity index is 1.55. The number of carbonyl (C=O) groups is 1. The number of methoxy groups -OCH3 is 2. The van der Waals surface area contributed by atoms with E-state index >= 15 is 0 Å². The molecular formula is C22H26N4O5. The van der Waals surface area contributed by atoms with E-state index in [0.29, 0.717) is 22.2 Å². The van der Waals surface area contributed by atoms with Gasteiger partial charge in [-0.05, 0) is 39.3 Å². The normalized spacial score (nSPS) is 16.6. The maximum atomic E-state index is 12.9. The molecule has 31 heavy (non-hydrogen) atoms. The summed E-state index contributed by atoms with van der Waals surface area (Å²) in [4.78, 5) is 27.3. The Hall–Kier alpha value is -3.33. The average Bonchev–Trinajstić information content (AvgIpc) is 3.34. The van der Waals surface area contributed by atoms with Crippen LogP contribution in [0.2, 0.25) is 0 Å². The summed E-state index contributed by atoms with van der Waals surface area (Å²) >= 11 is 0. The van der Waals surface area contributed by atoms with Gasteiger partial charge in [0.15, 0.2) is 0 Å². The van der Waals surface area contributed by atoms with E-state index in [2.05, 4.69) is 20.4 Å². The predicted octanol–water partition coefficient (Wildman–Crippen LogP) is 2.93. The molecule has 0 bridgehead atoms. The molecule has 1 saturated heterocycles. The third-order valence-corrected chi connectivity index (χ3v) is 5.76. The highest BCUT2D eigenvalue weighted by atomic mass is 16.5. The van der Waals surface area contributed by atoms with Crippen LogP contribution >= 0.6 is 0 Å². The lowest BCUT2D eigenvalue weighted by Crippen LogP contribution is -2.33. The smallest absolute Gasteiger partial charge is 0.277 e. The Morgan fingerprint density at radius 2 is 2.10 bits per heavy atom. The van der Waals surface area contributed by atoms with Crippen molar-refractivity contribution in [2.45, 2.75) is 32.7 Å². The van der Waals surface area contributed by atoms with E-state index in [1.54, 1.807) is 28.1 Å². The number of H-pyrrole nitrogens is 1. The first-order valence-corrected chi connectivity index (χ1v) is 10.2. The molecule has 0 aliphatic carbocycles. The van der Waals surface area contributed by atoms with E-state index < -0.39 is 5.56 Å². The lowest BCUT2D eigenvalue weighted by molar-refractivity contribution is -0.117. The number of rotatable bonds is 6. The molecule has 1 aromatic carbocycles. The molecule has 164 valence electrons. The van der Waals surface area contributed by atoms with Crippen LogP contribution in [-0.4, -0.2) is 48.3 Å². The molecule has 0 saturated carbocycles. The second kappa shape index (κ2) is 8.43. The van der Waals surface area contributed by atoms with E-state index in [4.69, 9.17) is 13.9 Å². The number of aromatic nitrogens is 2. The van der Waals surface area contributed by atoms with Gasteiger partial charge < -0.3 is 13.9 Å². The van der Waals surface area contributed by atoms with Crippen molar-refractivity contribution in [3.05, 3.63) is 45.6 Å². The first-order chi connectivity index (χ1) is 14.9. The molecule has 4 rings (SSSR count). The van der Waals surface area contributed by atoms with Gasteiger partial charge in [-0.2, -0.15) is 5.10 Å². The third kappa shape index (κ3) is 3.88. The lowest BCUT2D eigenvalue weighted by atomic mass is 10.0. The number of carbonyl (C=O) groups excluding carboxylic acids is 1. The highest BCUT2D eigenvalue weighted by Gasteiger charge is 2.30. The summed E-state index contributed by atoms with van der Waals surface area (Å²) in [5, 5.41) is 10.1. The molecule has 0 unspecified atom stereocenters. The molecule has 1 fully saturated rings. The monoisotopic (exact) mass is 426 g/mol. The number of nitrogens with one attached hydrogen (secondary N) is 2. The first-order valence-electron chi connectivity index (χ1n) is 10.2. The van der Waals surface area contributed by atoms with Crippen LogP contribution in [-0.2, 0) is 4.79 Å². The molecule has 9 heteroatoms. The summed E-state index contributed by atoms with van der Waals surface area (Å²) < 4.78 is 16.5. The van der Waals surface area contributed by atoms with Crippen LogP contribution in [0.15, 0.2) is 27.4 Å². The van der Waals surface area contributed by atoms with Crippen molar-refractivity contribution < 1.29 is 18.7 Å². The summed E-state index contributed by atoms with van der Waals surface area (Å²) in [7, 11) is 3.24. The molecule has 3 aromatic rings. The number of anilines is 1. The molecule has 1 aliphatic rings. The van der Waals surface area contributed by atoms with Crippen molar-refractivity contribution in [3.8, 4) is 11.5 Å². The van der Waals surface area contributed by atoms with Gasteiger partial charge in [-0.3, -0.25) is 19.8 Å². The number of benzene rings is 1. The summed E-state index contributed by atoms with van der Waals surface area (Å²) in [5.74, 6) is 1.91. The quantitative estimate of drug-likeness (QED) is 0.624. The van der Waals surface area contributed by atoms with Crippen molar-refractivity contribution in [2.24, 2.45) is 0 Å². The SMILES string of the molecule is COc1ccc([C@H]2CCCN2CC(=O)Nc2oc(C)c3c(C)n[nH]c(=O)c23)c(OC)c1. The standard InChI is InChI=1S/C22H26N4O5/c1-12-19-13(2)31-22(20(19)21(28)25-24-12)23-18(27)11-26-9-5-6-16(26)15-8-7-14(29-3)10-17(15)30-4/h7-8,10,16H,5-6,9,11H2,1-4H3,(H,23,27)(H,25,28)/t16-/m1/s1. The topological polar surface area (TPSA) is 110 Å². The molecule has 2 aromatic heterocycles. The minimum atomic E-state index is -0.394. The minimum Gasteiger partial charge on any atom is -0.497 e. The predicted molar refractivity (Wildman–Crippen MR) is 116 cm³/mol. The van der Waals surface area contributed by atoms with Crippen molar-refractivity contribution in [2.75, 3.05) is 32.6 Å². The van der Waals surface area contributed by atoms with Gasteiger partial charge in [-0.1, -0.05) is 6.07 Å². The fourth-order valence-corrected chi connectivity index (χ4v) is 4.34. The number of nitrogens with zero attached hydrogens (tertiary/aromatic N) is 2. The number of hydrogen-bond acceptors (Lipinski definition) is 7. The number of amides is 1. The number of ether oxygens (including phenoxy) is 2. The Labute approximate surface area is 179 Å². The van der Waals surface area contributed by atoms with E-state index in [1.807, 2.05) is 18.2 Å². The summed E-state index contributed by atoms with van der Waals surface area (Å²) in [6.45, 7) is 4.49. The Kier molecular flexibility index (Phi) is 5.69. The van der Waals surface area contributed by atoms with Crippen molar-refractivity contribution in [3.63, 3.8) is 0 Å². The lowest BCUT2D eigenvalue weighted by Gasteiger charge is -2.25. The van der Waals surface area contributed by atoms with Crippen molar-refractivity contribution in [1.29, 1.82) is 0 Å². The number of fused-ring (bicyclic) bond motifs is 1. The first kappa shape index (κ1) is 20.9. The fourth-order valence-electron chi connectivity index (χ4n) is 4.34. The van der Waals surface area contributed by atoms with Gasteiger partial charge in [0.25, 0.3) is 5.56 Å². The summed E-state index contributed by atoms with van der Waals surface area (Å²) in [5.41, 5.74) is 1.27. The van der Waals surface area contributed by atoms with E-state index in [-0.39, 0.29) is 24.4 Å². The molecule has 2 N–H and O–H groups in total. The highest BCUT2D eigenvalue weighted by molar-refractivity contribution is 6.01. The summed E-state index contributed by atoms with van der Waals surface area (Å²) in [6, 6.07) is 5.79. The third-order valence-electron chi connectivity index (χ3n) is 5.76. The van der Waals surface area contributed by atoms with Crippen LogP contribution in [0.1, 0.15) is 35.9 Å². The van der Waals surface area contributed by atoms with Crippen LogP contribution in [0.4, 0.5) is 5.88 Å². The zero-order valence-corrected chi connectivity index (χ0v) is 18.1. The Morgan fingerprint density at radius 1 is 1.29 bits per heavy atom. The second-order valence-electron chi connectivity index (χ2n) is 7.66. The van der Waals surface area contributed by atoms with Gasteiger partial charge in [-0.15, -0.1) is 0 Å². The molecule has 1 amide bonds. The van der Waals surface area contributed by atoms with Crippen LogP contribution in [0.5, 0.6) is 11.5 Å². The molecule has 0 radical (unpaired) electrons. The number of aromatic amines is 1. The van der Waals surface area contributed by atoms with Gasteiger partial charge in [0, 0.05) is 17.7 Å². The van der Waals surface area contributed by atoms with Crippen molar-refractivity contribution >= 4 is 22.6 Å². The van der Waals surface area contributed by atoms with Crippen LogP contribution in [0.3, 0.4) is 0 Å². The molecule has 0 spiro atoms. The number of furan rings is 1. The average molecular weight is 426 g/mol. The van der Waals surface area contributed by atoms with Crippen LogP contribution in [0.25, 0.3) is 10.8 Å². The largest absolute Gasteiger partial charge is 0.497 e. The number of likely N-dealkylation sites (tertiary alicyclic amines) is 1. The zero-order chi connectivity index (χ0) is 22.1. The van der Waals surface area contributed by atoms with Gasteiger partial charge in [0.2, 0.25) is 11.8 Å². The van der Waals surface area contributed by atoms with Gasteiger partial charge in [0.05, 0.1) is 31.8 Å². The zero-order valence-electron chi connectivity index (χ0n) is 18.1.